The number of methoxy groups -OCH3 is 1. The number of hydrogen-bond acceptors (Lipinski definition) is 3. The third-order valence-electron chi connectivity index (χ3n) is 3.58. The van der Waals surface area contributed by atoms with Gasteiger partial charge in [0.1, 0.15) is 5.60 Å². The fourth-order valence-corrected chi connectivity index (χ4v) is 2.09. The standard InChI is InChI=1S/C16H22O3/c1-12(11-14(17)19-5)8-10-16(18)13(2)7-6-9-15(16,3)4/h6-11,18H,1-5H3/b10-8+,12-11-/t16-/m1/s1. The predicted molar refractivity (Wildman–Crippen MR) is 76.5 cm³/mol. The molecule has 0 aromatic heterocycles. The molecule has 0 aliphatic heterocycles. The molecular weight excluding hydrogens is 240 g/mol. The third kappa shape index (κ3) is 3.24. The first-order valence-electron chi connectivity index (χ1n) is 6.27. The summed E-state index contributed by atoms with van der Waals surface area (Å²) in [5.41, 5.74) is 0.168. The predicted octanol–water partition coefficient (Wildman–Crippen LogP) is 2.94. The largest absolute Gasteiger partial charge is 0.466 e. The number of rotatable bonds is 3. The topological polar surface area (TPSA) is 46.5 Å². The van der Waals surface area contributed by atoms with Gasteiger partial charge < -0.3 is 9.84 Å². The first-order valence-corrected chi connectivity index (χ1v) is 6.27. The van der Waals surface area contributed by atoms with Gasteiger partial charge in [-0.2, -0.15) is 0 Å². The molecule has 1 aliphatic rings. The molecule has 0 heterocycles. The Labute approximate surface area is 115 Å². The van der Waals surface area contributed by atoms with Crippen LogP contribution in [0.4, 0.5) is 0 Å². The number of aliphatic hydroxyl groups is 1. The molecule has 0 amide bonds. The summed E-state index contributed by atoms with van der Waals surface area (Å²) in [6.07, 6.45) is 10.7. The minimum Gasteiger partial charge on any atom is -0.466 e. The van der Waals surface area contributed by atoms with Crippen LogP contribution in [0.15, 0.2) is 47.6 Å². The highest BCUT2D eigenvalue weighted by Crippen LogP contribution is 2.41. The van der Waals surface area contributed by atoms with Gasteiger partial charge >= 0.3 is 5.97 Å². The average Bonchev–Trinajstić information content (AvgIpc) is 2.33. The molecule has 1 aliphatic carbocycles. The van der Waals surface area contributed by atoms with E-state index in [0.717, 1.165) is 11.1 Å². The highest BCUT2D eigenvalue weighted by molar-refractivity contribution is 5.83. The Kier molecular flexibility index (Phi) is 4.53. The summed E-state index contributed by atoms with van der Waals surface area (Å²) in [5.74, 6) is -0.399. The van der Waals surface area contributed by atoms with Crippen LogP contribution in [0.5, 0.6) is 0 Å². The minimum atomic E-state index is -1.05. The van der Waals surface area contributed by atoms with Crippen molar-refractivity contribution >= 4 is 5.97 Å². The summed E-state index contributed by atoms with van der Waals surface area (Å²) in [5, 5.41) is 10.9. The van der Waals surface area contributed by atoms with Crippen molar-refractivity contribution in [2.24, 2.45) is 5.41 Å². The van der Waals surface area contributed by atoms with Gasteiger partial charge in [-0.25, -0.2) is 4.79 Å². The number of carbonyl (C=O) groups is 1. The summed E-state index contributed by atoms with van der Waals surface area (Å²) in [6, 6.07) is 0. The smallest absolute Gasteiger partial charge is 0.330 e. The zero-order chi connectivity index (χ0) is 14.7. The first-order chi connectivity index (χ1) is 8.73. The molecule has 0 saturated heterocycles. The van der Waals surface area contributed by atoms with E-state index < -0.39 is 17.0 Å². The van der Waals surface area contributed by atoms with E-state index in [4.69, 9.17) is 0 Å². The lowest BCUT2D eigenvalue weighted by Crippen LogP contribution is -2.44. The van der Waals surface area contributed by atoms with Crippen LogP contribution in [-0.4, -0.2) is 23.8 Å². The molecule has 3 heteroatoms. The second-order valence-electron chi connectivity index (χ2n) is 5.44. The zero-order valence-electron chi connectivity index (χ0n) is 12.2. The third-order valence-corrected chi connectivity index (χ3v) is 3.58. The Hall–Kier alpha value is -1.61. The van der Waals surface area contributed by atoms with Crippen LogP contribution in [0, 0.1) is 5.41 Å². The molecule has 0 aromatic carbocycles. The van der Waals surface area contributed by atoms with Crippen LogP contribution in [0.25, 0.3) is 0 Å². The molecule has 1 N–H and O–H groups in total. The van der Waals surface area contributed by atoms with E-state index in [2.05, 4.69) is 4.74 Å². The Morgan fingerprint density at radius 3 is 2.58 bits per heavy atom. The lowest BCUT2D eigenvalue weighted by atomic mass is 9.68. The minimum absolute atomic E-state index is 0.395. The van der Waals surface area contributed by atoms with Crippen LogP contribution in [-0.2, 0) is 9.53 Å². The van der Waals surface area contributed by atoms with Crippen molar-refractivity contribution in [3.63, 3.8) is 0 Å². The van der Waals surface area contributed by atoms with Crippen LogP contribution in [0.1, 0.15) is 27.7 Å². The molecule has 104 valence electrons. The molecule has 0 aromatic rings. The maximum atomic E-state index is 11.1. The summed E-state index contributed by atoms with van der Waals surface area (Å²) >= 11 is 0. The van der Waals surface area contributed by atoms with Crippen molar-refractivity contribution in [3.8, 4) is 0 Å². The summed E-state index contributed by atoms with van der Waals surface area (Å²) < 4.78 is 4.57. The van der Waals surface area contributed by atoms with Crippen LogP contribution in [0.3, 0.4) is 0 Å². The fourth-order valence-electron chi connectivity index (χ4n) is 2.09. The first kappa shape index (κ1) is 15.4. The maximum absolute atomic E-state index is 11.1. The van der Waals surface area contributed by atoms with E-state index in [-0.39, 0.29) is 0 Å². The van der Waals surface area contributed by atoms with Crippen molar-refractivity contribution in [1.29, 1.82) is 0 Å². The van der Waals surface area contributed by atoms with E-state index in [9.17, 15) is 9.90 Å². The molecule has 0 radical (unpaired) electrons. The molecular formula is C16H22O3. The summed E-state index contributed by atoms with van der Waals surface area (Å²) in [6.45, 7) is 7.64. The van der Waals surface area contributed by atoms with Crippen LogP contribution < -0.4 is 0 Å². The number of allylic oxidation sites excluding steroid dienone is 4. The van der Waals surface area contributed by atoms with E-state index in [0.29, 0.717) is 0 Å². The number of hydrogen-bond donors (Lipinski definition) is 1. The second-order valence-corrected chi connectivity index (χ2v) is 5.44. The van der Waals surface area contributed by atoms with Gasteiger partial charge in [0.15, 0.2) is 0 Å². The summed E-state index contributed by atoms with van der Waals surface area (Å²) in [7, 11) is 1.34. The van der Waals surface area contributed by atoms with E-state index >= 15 is 0 Å². The molecule has 0 bridgehead atoms. The van der Waals surface area contributed by atoms with Crippen LogP contribution in [0.2, 0.25) is 0 Å². The second kappa shape index (κ2) is 5.57. The Morgan fingerprint density at radius 1 is 1.42 bits per heavy atom. The molecule has 0 saturated carbocycles. The Morgan fingerprint density at radius 2 is 2.05 bits per heavy atom. The van der Waals surface area contributed by atoms with Crippen LogP contribution >= 0.6 is 0 Å². The highest BCUT2D eigenvalue weighted by Gasteiger charge is 2.42. The quantitative estimate of drug-likeness (QED) is 0.483. The monoisotopic (exact) mass is 262 g/mol. The number of ether oxygens (including phenoxy) is 1. The maximum Gasteiger partial charge on any atom is 0.330 e. The van der Waals surface area contributed by atoms with Crippen molar-refractivity contribution in [2.45, 2.75) is 33.3 Å². The van der Waals surface area contributed by atoms with Gasteiger partial charge in [-0.1, -0.05) is 38.2 Å². The van der Waals surface area contributed by atoms with Gasteiger partial charge in [0, 0.05) is 11.5 Å². The van der Waals surface area contributed by atoms with Gasteiger partial charge in [0.2, 0.25) is 0 Å². The number of esters is 1. The molecule has 19 heavy (non-hydrogen) atoms. The van der Waals surface area contributed by atoms with Crippen molar-refractivity contribution < 1.29 is 14.6 Å². The molecule has 0 fully saturated rings. The van der Waals surface area contributed by atoms with Gasteiger partial charge in [-0.15, -0.1) is 0 Å². The fraction of sp³-hybridized carbons (Fsp3) is 0.438. The lowest BCUT2D eigenvalue weighted by Gasteiger charge is -2.41. The molecule has 0 spiro atoms. The molecule has 1 atom stereocenters. The highest BCUT2D eigenvalue weighted by atomic mass is 16.5. The Bertz CT molecular complexity index is 478. The SMILES string of the molecule is COC(=O)/C=C(C)\C=C\[C@@]1(O)C(C)=CC=CC1(C)C. The van der Waals surface area contributed by atoms with E-state index in [1.165, 1.54) is 13.2 Å². The average molecular weight is 262 g/mol. The Balaban J connectivity index is 3.02. The molecule has 3 nitrogen and oxygen atoms in total. The number of carbonyl (C=O) groups excluding carboxylic acids is 1. The van der Waals surface area contributed by atoms with Crippen molar-refractivity contribution in [3.05, 3.63) is 47.6 Å². The molecule has 1 rings (SSSR count). The van der Waals surface area contributed by atoms with Gasteiger partial charge in [0.25, 0.3) is 0 Å². The summed E-state index contributed by atoms with van der Waals surface area (Å²) in [4.78, 5) is 11.1. The van der Waals surface area contributed by atoms with Gasteiger partial charge in [-0.3, -0.25) is 0 Å². The van der Waals surface area contributed by atoms with Crippen molar-refractivity contribution in [2.75, 3.05) is 7.11 Å². The van der Waals surface area contributed by atoms with Gasteiger partial charge in [-0.05, 0) is 31.1 Å². The normalized spacial score (nSPS) is 26.4. The van der Waals surface area contributed by atoms with E-state index in [1.807, 2.05) is 39.0 Å². The van der Waals surface area contributed by atoms with E-state index in [1.54, 1.807) is 19.1 Å². The van der Waals surface area contributed by atoms with Crippen molar-refractivity contribution in [1.82, 2.24) is 0 Å². The van der Waals surface area contributed by atoms with Gasteiger partial charge in [0.05, 0.1) is 7.11 Å². The lowest BCUT2D eigenvalue weighted by molar-refractivity contribution is -0.134. The molecule has 0 unspecified atom stereocenters. The zero-order valence-corrected chi connectivity index (χ0v) is 12.2.